The highest BCUT2D eigenvalue weighted by Gasteiger charge is 2.17. The third-order valence-corrected chi connectivity index (χ3v) is 4.86. The standard InChI is InChI=1S/C13H12N4O6S2/c18-10(19)7-15-11(20)12(21)16-8-1-3-9(4-2-8)25(22,23)17-13-14-5-6-24-13/h1-6H,7H2,(H,14,17)(H,15,20)(H,16,21)(H,18,19). The largest absolute Gasteiger partial charge is 0.480 e. The van der Waals surface area contributed by atoms with E-state index in [4.69, 9.17) is 5.11 Å². The maximum atomic E-state index is 12.1. The molecule has 0 bridgehead atoms. The van der Waals surface area contributed by atoms with Gasteiger partial charge in [0.1, 0.15) is 6.54 Å². The van der Waals surface area contributed by atoms with E-state index < -0.39 is 34.4 Å². The summed E-state index contributed by atoms with van der Waals surface area (Å²) in [7, 11) is -3.82. The molecule has 0 saturated carbocycles. The first-order valence-electron chi connectivity index (χ1n) is 6.61. The van der Waals surface area contributed by atoms with Gasteiger partial charge in [-0.25, -0.2) is 13.4 Å². The number of anilines is 2. The smallest absolute Gasteiger partial charge is 0.322 e. The predicted octanol–water partition coefficient (Wildman–Crippen LogP) is 0.0832. The van der Waals surface area contributed by atoms with Gasteiger partial charge in [-0.2, -0.15) is 0 Å². The van der Waals surface area contributed by atoms with E-state index in [2.05, 4.69) is 15.0 Å². The summed E-state index contributed by atoms with van der Waals surface area (Å²) in [5.41, 5.74) is 0.170. The van der Waals surface area contributed by atoms with Crippen LogP contribution in [0.15, 0.2) is 40.7 Å². The first-order chi connectivity index (χ1) is 11.8. The van der Waals surface area contributed by atoms with Gasteiger partial charge in [0.05, 0.1) is 4.90 Å². The maximum absolute atomic E-state index is 12.1. The van der Waals surface area contributed by atoms with Crippen molar-refractivity contribution in [2.75, 3.05) is 16.6 Å². The highest BCUT2D eigenvalue weighted by molar-refractivity contribution is 7.93. The van der Waals surface area contributed by atoms with Crippen molar-refractivity contribution in [2.24, 2.45) is 0 Å². The second kappa shape index (κ2) is 7.72. The van der Waals surface area contributed by atoms with Crippen molar-refractivity contribution in [1.82, 2.24) is 10.3 Å². The molecule has 0 saturated heterocycles. The summed E-state index contributed by atoms with van der Waals surface area (Å²) in [6.07, 6.45) is 1.45. The molecule has 0 fully saturated rings. The molecule has 132 valence electrons. The van der Waals surface area contributed by atoms with E-state index >= 15 is 0 Å². The average Bonchev–Trinajstić information content (AvgIpc) is 3.05. The van der Waals surface area contributed by atoms with Gasteiger partial charge >= 0.3 is 17.8 Å². The van der Waals surface area contributed by atoms with Gasteiger partial charge in [-0.15, -0.1) is 11.3 Å². The van der Waals surface area contributed by atoms with Crippen molar-refractivity contribution in [3.8, 4) is 0 Å². The number of hydrogen-bond donors (Lipinski definition) is 4. The molecule has 0 aliphatic rings. The molecule has 2 rings (SSSR count). The van der Waals surface area contributed by atoms with Crippen molar-refractivity contribution >= 4 is 50.0 Å². The third-order valence-electron chi connectivity index (χ3n) is 2.68. The third kappa shape index (κ3) is 5.26. The van der Waals surface area contributed by atoms with Gasteiger partial charge in [0.2, 0.25) is 0 Å². The molecule has 12 heteroatoms. The Kier molecular flexibility index (Phi) is 5.67. The minimum atomic E-state index is -3.82. The van der Waals surface area contributed by atoms with Crippen molar-refractivity contribution in [3.63, 3.8) is 0 Å². The Balaban J connectivity index is 2.01. The number of benzene rings is 1. The van der Waals surface area contributed by atoms with Crippen molar-refractivity contribution in [1.29, 1.82) is 0 Å². The maximum Gasteiger partial charge on any atom is 0.322 e. The lowest BCUT2D eigenvalue weighted by molar-refractivity contribution is -0.140. The summed E-state index contributed by atoms with van der Waals surface area (Å²) in [6.45, 7) is -0.689. The van der Waals surface area contributed by atoms with Crippen LogP contribution < -0.4 is 15.4 Å². The van der Waals surface area contributed by atoms with Crippen LogP contribution in [0.4, 0.5) is 10.8 Å². The number of hydrogen-bond acceptors (Lipinski definition) is 7. The molecule has 2 aromatic rings. The molecule has 1 aromatic heterocycles. The molecule has 0 unspecified atom stereocenters. The second-order valence-electron chi connectivity index (χ2n) is 4.50. The average molecular weight is 384 g/mol. The summed E-state index contributed by atoms with van der Waals surface area (Å²) in [4.78, 5) is 37.0. The number of carbonyl (C=O) groups is 3. The van der Waals surface area contributed by atoms with Crippen LogP contribution in [-0.2, 0) is 24.4 Å². The summed E-state index contributed by atoms with van der Waals surface area (Å²) >= 11 is 1.12. The van der Waals surface area contributed by atoms with Crippen LogP contribution in [0.5, 0.6) is 0 Å². The molecular formula is C13H12N4O6S2. The lowest BCUT2D eigenvalue weighted by atomic mass is 10.3. The molecule has 2 amide bonds. The molecule has 1 aromatic carbocycles. The normalized spacial score (nSPS) is 10.7. The molecule has 0 spiro atoms. The lowest BCUT2D eigenvalue weighted by Gasteiger charge is -2.08. The van der Waals surface area contributed by atoms with E-state index in [1.54, 1.807) is 5.38 Å². The Hall–Kier alpha value is -2.99. The zero-order valence-corrected chi connectivity index (χ0v) is 14.1. The van der Waals surface area contributed by atoms with Gasteiger partial charge in [-0.1, -0.05) is 0 Å². The highest BCUT2D eigenvalue weighted by Crippen LogP contribution is 2.19. The summed E-state index contributed by atoms with van der Waals surface area (Å²) < 4.78 is 26.6. The molecule has 0 aliphatic heterocycles. The number of amides is 2. The zero-order valence-electron chi connectivity index (χ0n) is 12.4. The molecule has 4 N–H and O–H groups in total. The molecule has 0 radical (unpaired) electrons. The van der Waals surface area contributed by atoms with Gasteiger partial charge in [-0.05, 0) is 24.3 Å². The Labute approximate surface area is 145 Å². The Morgan fingerprint density at radius 2 is 1.80 bits per heavy atom. The number of carboxylic acid groups (broad SMARTS) is 1. The van der Waals surface area contributed by atoms with Crippen molar-refractivity contribution < 1.29 is 27.9 Å². The first-order valence-corrected chi connectivity index (χ1v) is 8.97. The predicted molar refractivity (Wildman–Crippen MR) is 88.6 cm³/mol. The van der Waals surface area contributed by atoms with Gasteiger partial charge in [0.15, 0.2) is 5.13 Å². The van der Waals surface area contributed by atoms with Crippen LogP contribution in [0.25, 0.3) is 0 Å². The van der Waals surface area contributed by atoms with Crippen LogP contribution in [0, 0.1) is 0 Å². The van der Waals surface area contributed by atoms with Crippen LogP contribution >= 0.6 is 11.3 Å². The van der Waals surface area contributed by atoms with E-state index in [1.165, 1.54) is 30.5 Å². The fourth-order valence-electron chi connectivity index (χ4n) is 1.59. The molecule has 10 nitrogen and oxygen atoms in total. The number of sulfonamides is 1. The number of rotatable bonds is 6. The number of thiazole rings is 1. The number of carbonyl (C=O) groups excluding carboxylic acids is 2. The fraction of sp³-hybridized carbons (Fsp3) is 0.0769. The van der Waals surface area contributed by atoms with Crippen LogP contribution in [-0.4, -0.2) is 42.8 Å². The van der Waals surface area contributed by atoms with E-state index in [1.807, 2.05) is 5.32 Å². The second-order valence-corrected chi connectivity index (χ2v) is 7.07. The van der Waals surface area contributed by atoms with Gasteiger partial charge < -0.3 is 15.7 Å². The number of aliphatic carboxylic acids is 1. The van der Waals surface area contributed by atoms with Crippen LogP contribution in [0.1, 0.15) is 0 Å². The Bertz CT molecular complexity index is 878. The fourth-order valence-corrected chi connectivity index (χ4v) is 3.38. The lowest BCUT2D eigenvalue weighted by Crippen LogP contribution is -2.38. The SMILES string of the molecule is O=C(O)CNC(=O)C(=O)Nc1ccc(S(=O)(=O)Nc2nccs2)cc1. The zero-order chi connectivity index (χ0) is 18.4. The first kappa shape index (κ1) is 18.4. The van der Waals surface area contributed by atoms with Crippen molar-refractivity contribution in [3.05, 3.63) is 35.8 Å². The van der Waals surface area contributed by atoms with Crippen molar-refractivity contribution in [2.45, 2.75) is 4.90 Å². The molecule has 25 heavy (non-hydrogen) atoms. The monoisotopic (exact) mass is 384 g/mol. The van der Waals surface area contributed by atoms with Gasteiger partial charge in [-0.3, -0.25) is 19.1 Å². The minimum absolute atomic E-state index is 0.0592. The molecule has 1 heterocycles. The summed E-state index contributed by atoms with van der Waals surface area (Å²) in [5, 5.41) is 14.4. The number of carboxylic acids is 1. The number of aromatic nitrogens is 1. The quantitative estimate of drug-likeness (QED) is 0.514. The van der Waals surface area contributed by atoms with E-state index in [-0.39, 0.29) is 15.7 Å². The topological polar surface area (TPSA) is 155 Å². The van der Waals surface area contributed by atoms with E-state index in [0.29, 0.717) is 0 Å². The van der Waals surface area contributed by atoms with Crippen LogP contribution in [0.3, 0.4) is 0 Å². The van der Waals surface area contributed by atoms with E-state index in [9.17, 15) is 22.8 Å². The van der Waals surface area contributed by atoms with Gasteiger partial charge in [0, 0.05) is 17.3 Å². The molecule has 0 aliphatic carbocycles. The minimum Gasteiger partial charge on any atom is -0.480 e. The van der Waals surface area contributed by atoms with Gasteiger partial charge in [0.25, 0.3) is 10.0 Å². The number of nitrogens with zero attached hydrogens (tertiary/aromatic N) is 1. The summed E-state index contributed by atoms with van der Waals surface area (Å²) in [6, 6.07) is 5.05. The Morgan fingerprint density at radius 3 is 2.36 bits per heavy atom. The Morgan fingerprint density at radius 1 is 1.12 bits per heavy atom. The van der Waals surface area contributed by atoms with E-state index in [0.717, 1.165) is 11.3 Å². The molecular weight excluding hydrogens is 372 g/mol. The number of nitrogens with one attached hydrogen (secondary N) is 3. The highest BCUT2D eigenvalue weighted by atomic mass is 32.2. The van der Waals surface area contributed by atoms with Crippen LogP contribution in [0.2, 0.25) is 0 Å². The molecule has 0 atom stereocenters. The summed E-state index contributed by atoms with van der Waals surface area (Å²) in [5.74, 6) is -3.48.